The van der Waals surface area contributed by atoms with Crippen LogP contribution in [-0.2, 0) is 6.42 Å². The van der Waals surface area contributed by atoms with E-state index in [0.717, 1.165) is 11.7 Å². The van der Waals surface area contributed by atoms with Crippen molar-refractivity contribution in [1.29, 1.82) is 0 Å². The second-order valence-corrected chi connectivity index (χ2v) is 5.48. The number of rotatable bonds is 4. The van der Waals surface area contributed by atoms with Crippen molar-refractivity contribution in [2.24, 2.45) is 0 Å². The van der Waals surface area contributed by atoms with Gasteiger partial charge in [0.1, 0.15) is 0 Å². The van der Waals surface area contributed by atoms with Crippen molar-refractivity contribution in [3.05, 3.63) is 24.2 Å². The van der Waals surface area contributed by atoms with Crippen LogP contribution in [0.15, 0.2) is 23.0 Å². The Morgan fingerprint density at radius 2 is 2.53 bits per heavy atom. The second-order valence-electron chi connectivity index (χ2n) is 4.14. The largest absolute Gasteiger partial charge is 0.472 e. The highest BCUT2D eigenvalue weighted by molar-refractivity contribution is 8.00. The molecular formula is C12H19NOS. The van der Waals surface area contributed by atoms with Crippen LogP contribution in [-0.4, -0.2) is 24.1 Å². The highest BCUT2D eigenvalue weighted by Crippen LogP contribution is 2.28. The first kappa shape index (κ1) is 11.1. The Morgan fingerprint density at radius 3 is 3.13 bits per heavy atom. The molecule has 15 heavy (non-hydrogen) atoms. The molecule has 0 spiro atoms. The van der Waals surface area contributed by atoms with Gasteiger partial charge in [-0.25, -0.2) is 0 Å². The van der Waals surface area contributed by atoms with Gasteiger partial charge in [0.05, 0.1) is 12.5 Å². The molecule has 1 N–H and O–H groups in total. The molecule has 0 amide bonds. The second kappa shape index (κ2) is 5.61. The molecule has 1 fully saturated rings. The molecular weight excluding hydrogens is 206 g/mol. The van der Waals surface area contributed by atoms with E-state index in [9.17, 15) is 0 Å². The quantitative estimate of drug-likeness (QED) is 0.853. The van der Waals surface area contributed by atoms with Crippen LogP contribution >= 0.6 is 11.8 Å². The molecule has 0 aromatic carbocycles. The van der Waals surface area contributed by atoms with Gasteiger partial charge in [-0.05, 0) is 43.7 Å². The fraction of sp³-hybridized carbons (Fsp3) is 0.667. The lowest BCUT2D eigenvalue weighted by Crippen LogP contribution is -2.38. The van der Waals surface area contributed by atoms with E-state index >= 15 is 0 Å². The van der Waals surface area contributed by atoms with Crippen LogP contribution in [0.5, 0.6) is 0 Å². The van der Waals surface area contributed by atoms with Crippen LogP contribution in [0.3, 0.4) is 0 Å². The van der Waals surface area contributed by atoms with Crippen molar-refractivity contribution in [3.63, 3.8) is 0 Å². The molecule has 1 aliphatic rings. The van der Waals surface area contributed by atoms with E-state index in [4.69, 9.17) is 4.42 Å². The lowest BCUT2D eigenvalue weighted by atomic mass is 10.0. The standard InChI is InChI=1S/C12H19NOS/c1-13-11(8-10-5-6-14-9-10)12-4-2-3-7-15-12/h5-6,9,11-13H,2-4,7-8H2,1H3. The maximum Gasteiger partial charge on any atom is 0.0935 e. The van der Waals surface area contributed by atoms with E-state index in [2.05, 4.69) is 30.2 Å². The Hall–Kier alpha value is -0.410. The van der Waals surface area contributed by atoms with Crippen LogP contribution in [0.25, 0.3) is 0 Å². The van der Waals surface area contributed by atoms with E-state index < -0.39 is 0 Å². The van der Waals surface area contributed by atoms with E-state index in [1.165, 1.54) is 30.6 Å². The van der Waals surface area contributed by atoms with Gasteiger partial charge in [-0.2, -0.15) is 11.8 Å². The maximum atomic E-state index is 5.11. The summed E-state index contributed by atoms with van der Waals surface area (Å²) in [4.78, 5) is 0. The van der Waals surface area contributed by atoms with Crippen molar-refractivity contribution in [3.8, 4) is 0 Å². The fourth-order valence-electron chi connectivity index (χ4n) is 2.17. The molecule has 2 rings (SSSR count). The lowest BCUT2D eigenvalue weighted by Gasteiger charge is -2.29. The maximum absolute atomic E-state index is 5.11. The number of hydrogen-bond donors (Lipinski definition) is 1. The summed E-state index contributed by atoms with van der Waals surface area (Å²) in [6.45, 7) is 0. The first-order chi connectivity index (χ1) is 7.40. The molecule has 1 aromatic rings. The van der Waals surface area contributed by atoms with Gasteiger partial charge in [0.2, 0.25) is 0 Å². The van der Waals surface area contributed by atoms with Gasteiger partial charge in [-0.15, -0.1) is 0 Å². The van der Waals surface area contributed by atoms with Crippen molar-refractivity contribution in [2.75, 3.05) is 12.8 Å². The monoisotopic (exact) mass is 225 g/mol. The molecule has 84 valence electrons. The number of hydrogen-bond acceptors (Lipinski definition) is 3. The fourth-order valence-corrected chi connectivity index (χ4v) is 3.64. The lowest BCUT2D eigenvalue weighted by molar-refractivity contribution is 0.490. The van der Waals surface area contributed by atoms with Crippen LogP contribution in [0.2, 0.25) is 0 Å². The summed E-state index contributed by atoms with van der Waals surface area (Å²) in [7, 11) is 2.07. The van der Waals surface area contributed by atoms with E-state index in [0.29, 0.717) is 6.04 Å². The zero-order valence-corrected chi connectivity index (χ0v) is 10.1. The molecule has 0 aliphatic carbocycles. The molecule has 2 nitrogen and oxygen atoms in total. The van der Waals surface area contributed by atoms with Crippen molar-refractivity contribution < 1.29 is 4.42 Å². The average molecular weight is 225 g/mol. The van der Waals surface area contributed by atoms with Crippen LogP contribution < -0.4 is 5.32 Å². The highest BCUT2D eigenvalue weighted by Gasteiger charge is 2.23. The summed E-state index contributed by atoms with van der Waals surface area (Å²) in [5, 5.41) is 4.22. The third-order valence-electron chi connectivity index (χ3n) is 3.07. The van der Waals surface area contributed by atoms with Crippen LogP contribution in [0, 0.1) is 0 Å². The number of likely N-dealkylation sites (N-methyl/N-ethyl adjacent to an activating group) is 1. The Kier molecular flexibility index (Phi) is 4.15. The summed E-state index contributed by atoms with van der Waals surface area (Å²) in [5.74, 6) is 1.33. The SMILES string of the molecule is CNC(Cc1ccoc1)C1CCCCS1. The Balaban J connectivity index is 1.91. The predicted molar refractivity (Wildman–Crippen MR) is 65.4 cm³/mol. The van der Waals surface area contributed by atoms with Crippen molar-refractivity contribution >= 4 is 11.8 Å². The van der Waals surface area contributed by atoms with E-state index in [1.54, 1.807) is 6.26 Å². The number of nitrogens with one attached hydrogen (secondary N) is 1. The van der Waals surface area contributed by atoms with Gasteiger partial charge in [0.15, 0.2) is 0 Å². The molecule has 0 saturated carbocycles. The minimum Gasteiger partial charge on any atom is -0.472 e. The Labute approximate surface area is 95.8 Å². The number of furan rings is 1. The Bertz CT molecular complexity index is 267. The predicted octanol–water partition coefficient (Wildman–Crippen LogP) is 2.70. The first-order valence-corrected chi connectivity index (χ1v) is 6.75. The average Bonchev–Trinajstić information content (AvgIpc) is 2.80. The zero-order chi connectivity index (χ0) is 10.5. The van der Waals surface area contributed by atoms with Gasteiger partial charge in [0, 0.05) is 11.3 Å². The van der Waals surface area contributed by atoms with Gasteiger partial charge in [-0.3, -0.25) is 0 Å². The zero-order valence-electron chi connectivity index (χ0n) is 9.24. The molecule has 0 bridgehead atoms. The molecule has 1 aliphatic heterocycles. The van der Waals surface area contributed by atoms with Crippen molar-refractivity contribution in [2.45, 2.75) is 37.0 Å². The summed E-state index contributed by atoms with van der Waals surface area (Å²) in [6.07, 6.45) is 8.84. The van der Waals surface area contributed by atoms with Gasteiger partial charge in [-0.1, -0.05) is 6.42 Å². The molecule has 2 atom stereocenters. The van der Waals surface area contributed by atoms with Crippen LogP contribution in [0.4, 0.5) is 0 Å². The topological polar surface area (TPSA) is 25.2 Å². The van der Waals surface area contributed by atoms with E-state index in [1.807, 2.05) is 6.26 Å². The van der Waals surface area contributed by atoms with Gasteiger partial charge in [0.25, 0.3) is 0 Å². The van der Waals surface area contributed by atoms with E-state index in [-0.39, 0.29) is 0 Å². The smallest absolute Gasteiger partial charge is 0.0935 e. The third-order valence-corrected chi connectivity index (χ3v) is 4.59. The molecule has 0 radical (unpaired) electrons. The molecule has 1 aromatic heterocycles. The molecule has 3 heteroatoms. The van der Waals surface area contributed by atoms with Crippen molar-refractivity contribution in [1.82, 2.24) is 5.32 Å². The molecule has 2 heterocycles. The summed E-state index contributed by atoms with van der Waals surface area (Å²) in [6, 6.07) is 2.66. The normalized spacial score (nSPS) is 23.9. The molecule has 2 unspecified atom stereocenters. The third kappa shape index (κ3) is 3.02. The molecule has 1 saturated heterocycles. The number of thioether (sulfide) groups is 1. The van der Waals surface area contributed by atoms with Gasteiger partial charge < -0.3 is 9.73 Å². The minimum atomic E-state index is 0.591. The van der Waals surface area contributed by atoms with Crippen LogP contribution in [0.1, 0.15) is 24.8 Å². The van der Waals surface area contributed by atoms with Gasteiger partial charge >= 0.3 is 0 Å². The Morgan fingerprint density at radius 1 is 1.60 bits per heavy atom. The highest BCUT2D eigenvalue weighted by atomic mass is 32.2. The summed E-state index contributed by atoms with van der Waals surface area (Å²) < 4.78 is 5.11. The first-order valence-electron chi connectivity index (χ1n) is 5.70. The minimum absolute atomic E-state index is 0.591. The summed E-state index contributed by atoms with van der Waals surface area (Å²) >= 11 is 2.12. The summed E-state index contributed by atoms with van der Waals surface area (Å²) in [5.41, 5.74) is 1.31.